The highest BCUT2D eigenvalue weighted by molar-refractivity contribution is 9.10. The Morgan fingerprint density at radius 3 is 2.69 bits per heavy atom. The van der Waals surface area contributed by atoms with Gasteiger partial charge in [-0.2, -0.15) is 0 Å². The molecule has 5 heteroatoms. The van der Waals surface area contributed by atoms with E-state index in [9.17, 15) is 4.39 Å². The van der Waals surface area contributed by atoms with Crippen LogP contribution in [0.1, 0.15) is 13.3 Å². The number of nitrogen functional groups attached to an aromatic ring is 1. The van der Waals surface area contributed by atoms with Crippen molar-refractivity contribution in [1.82, 2.24) is 0 Å². The van der Waals surface area contributed by atoms with E-state index in [2.05, 4.69) is 15.9 Å². The van der Waals surface area contributed by atoms with E-state index >= 15 is 0 Å². The molecule has 1 aromatic carbocycles. The van der Waals surface area contributed by atoms with Crippen molar-refractivity contribution in [2.45, 2.75) is 13.3 Å². The lowest BCUT2D eigenvalue weighted by molar-refractivity contribution is 0.302. The Balaban J connectivity index is 3.03. The molecule has 0 aliphatic rings. The van der Waals surface area contributed by atoms with Gasteiger partial charge in [0.2, 0.25) is 0 Å². The van der Waals surface area contributed by atoms with E-state index in [4.69, 9.17) is 10.8 Å². The van der Waals surface area contributed by atoms with Gasteiger partial charge in [0, 0.05) is 19.2 Å². The van der Waals surface area contributed by atoms with Crippen molar-refractivity contribution >= 4 is 27.3 Å². The van der Waals surface area contributed by atoms with Gasteiger partial charge in [-0.25, -0.2) is 4.39 Å². The minimum Gasteiger partial charge on any atom is -0.397 e. The third-order valence-electron chi connectivity index (χ3n) is 2.27. The molecule has 90 valence electrons. The van der Waals surface area contributed by atoms with Gasteiger partial charge in [-0.05, 0) is 28.4 Å². The summed E-state index contributed by atoms with van der Waals surface area (Å²) in [4.78, 5) is 1.88. The molecule has 3 N–H and O–H groups in total. The Hall–Kier alpha value is -0.810. The van der Waals surface area contributed by atoms with E-state index in [0.717, 1.165) is 13.0 Å². The van der Waals surface area contributed by atoms with Gasteiger partial charge in [0.25, 0.3) is 0 Å². The highest BCUT2D eigenvalue weighted by atomic mass is 79.9. The molecule has 0 saturated carbocycles. The highest BCUT2D eigenvalue weighted by Gasteiger charge is 2.12. The summed E-state index contributed by atoms with van der Waals surface area (Å²) in [5.74, 6) is -0.344. The molecule has 0 heterocycles. The molecule has 0 aromatic heterocycles. The summed E-state index contributed by atoms with van der Waals surface area (Å²) >= 11 is 3.08. The number of anilines is 2. The minimum atomic E-state index is -0.344. The average Bonchev–Trinajstić information content (AvgIpc) is 2.23. The minimum absolute atomic E-state index is 0.0249. The molecule has 1 aromatic rings. The molecule has 0 bridgehead atoms. The molecule has 0 amide bonds. The summed E-state index contributed by atoms with van der Waals surface area (Å²) in [7, 11) is 0. The quantitative estimate of drug-likeness (QED) is 0.819. The molecule has 0 aliphatic carbocycles. The van der Waals surface area contributed by atoms with E-state index in [0.29, 0.717) is 22.4 Å². The number of benzene rings is 1. The Morgan fingerprint density at radius 2 is 2.12 bits per heavy atom. The molecule has 3 nitrogen and oxygen atoms in total. The van der Waals surface area contributed by atoms with E-state index in [1.165, 1.54) is 6.07 Å². The summed E-state index contributed by atoms with van der Waals surface area (Å²) in [5, 5.41) is 8.95. The molecule has 0 saturated heterocycles. The summed E-state index contributed by atoms with van der Waals surface area (Å²) in [6.07, 6.45) is 0.914. The van der Waals surface area contributed by atoms with Crippen LogP contribution in [-0.2, 0) is 0 Å². The first-order chi connectivity index (χ1) is 7.60. The number of hydrogen-bond donors (Lipinski definition) is 2. The van der Waals surface area contributed by atoms with Crippen LogP contribution in [0.3, 0.4) is 0 Å². The number of halogens is 2. The van der Waals surface area contributed by atoms with Gasteiger partial charge < -0.3 is 15.7 Å². The third-order valence-corrected chi connectivity index (χ3v) is 2.88. The number of aliphatic hydroxyl groups is 1. The fourth-order valence-corrected chi connectivity index (χ4v) is 1.93. The molecule has 16 heavy (non-hydrogen) atoms. The zero-order valence-corrected chi connectivity index (χ0v) is 10.8. The number of aliphatic hydroxyl groups excluding tert-OH is 1. The standard InChI is InChI=1S/C11H16BrFN2O/c1-2-3-15(4-5-16)11-7-9(13)8(12)6-10(11)14/h6-7,16H,2-5,14H2,1H3. The van der Waals surface area contributed by atoms with Crippen LogP contribution in [0.4, 0.5) is 15.8 Å². The maximum Gasteiger partial charge on any atom is 0.139 e. The van der Waals surface area contributed by atoms with Crippen LogP contribution < -0.4 is 10.6 Å². The largest absolute Gasteiger partial charge is 0.397 e. The normalized spacial score (nSPS) is 10.5. The van der Waals surface area contributed by atoms with Crippen LogP contribution in [0.25, 0.3) is 0 Å². The molecule has 0 atom stereocenters. The van der Waals surface area contributed by atoms with Gasteiger partial charge in [-0.15, -0.1) is 0 Å². The van der Waals surface area contributed by atoms with E-state index in [-0.39, 0.29) is 12.4 Å². The molecule has 0 fully saturated rings. The van der Waals surface area contributed by atoms with E-state index in [1.807, 2.05) is 11.8 Å². The summed E-state index contributed by atoms with van der Waals surface area (Å²) in [5.41, 5.74) is 6.98. The van der Waals surface area contributed by atoms with Crippen LogP contribution in [0.15, 0.2) is 16.6 Å². The molecule has 1 rings (SSSR count). The Morgan fingerprint density at radius 1 is 1.44 bits per heavy atom. The molecule has 0 aliphatic heterocycles. The van der Waals surface area contributed by atoms with Crippen LogP contribution in [0.2, 0.25) is 0 Å². The maximum atomic E-state index is 13.4. The molecular formula is C11H16BrFN2O. The SMILES string of the molecule is CCCN(CCO)c1cc(F)c(Br)cc1N. The van der Waals surface area contributed by atoms with Crippen molar-refractivity contribution < 1.29 is 9.50 Å². The van der Waals surface area contributed by atoms with Crippen LogP contribution >= 0.6 is 15.9 Å². The lowest BCUT2D eigenvalue weighted by atomic mass is 10.2. The van der Waals surface area contributed by atoms with Crippen LogP contribution in [0, 0.1) is 5.82 Å². The Bertz CT molecular complexity index is 354. The fourth-order valence-electron chi connectivity index (χ4n) is 1.57. The smallest absolute Gasteiger partial charge is 0.139 e. The third kappa shape index (κ3) is 3.09. The molecule has 0 unspecified atom stereocenters. The van der Waals surface area contributed by atoms with Gasteiger partial charge in [0.1, 0.15) is 5.82 Å². The maximum absolute atomic E-state index is 13.4. The van der Waals surface area contributed by atoms with Crippen molar-refractivity contribution in [3.8, 4) is 0 Å². The predicted octanol–water partition coefficient (Wildman–Crippen LogP) is 2.38. The van der Waals surface area contributed by atoms with Gasteiger partial charge in [-0.1, -0.05) is 6.92 Å². The lowest BCUT2D eigenvalue weighted by Crippen LogP contribution is -2.28. The van der Waals surface area contributed by atoms with Crippen molar-refractivity contribution in [3.05, 3.63) is 22.4 Å². The molecule has 0 spiro atoms. The zero-order chi connectivity index (χ0) is 12.1. The number of nitrogens with two attached hydrogens (primary N) is 1. The van der Waals surface area contributed by atoms with Crippen molar-refractivity contribution in [3.63, 3.8) is 0 Å². The Labute approximate surface area is 103 Å². The first-order valence-electron chi connectivity index (χ1n) is 5.20. The second-order valence-electron chi connectivity index (χ2n) is 3.54. The fraction of sp³-hybridized carbons (Fsp3) is 0.455. The van der Waals surface area contributed by atoms with Gasteiger partial charge in [-0.3, -0.25) is 0 Å². The highest BCUT2D eigenvalue weighted by Crippen LogP contribution is 2.29. The average molecular weight is 291 g/mol. The zero-order valence-electron chi connectivity index (χ0n) is 9.21. The topological polar surface area (TPSA) is 49.5 Å². The number of nitrogens with zero attached hydrogens (tertiary/aromatic N) is 1. The lowest BCUT2D eigenvalue weighted by Gasteiger charge is -2.25. The Kier molecular flexibility index (Phi) is 5.02. The molecule has 0 radical (unpaired) electrons. The number of rotatable bonds is 5. The van der Waals surface area contributed by atoms with Gasteiger partial charge >= 0.3 is 0 Å². The molecular weight excluding hydrogens is 275 g/mol. The predicted molar refractivity (Wildman–Crippen MR) is 68.1 cm³/mol. The second kappa shape index (κ2) is 6.06. The van der Waals surface area contributed by atoms with Crippen molar-refractivity contribution in [2.75, 3.05) is 30.3 Å². The van der Waals surface area contributed by atoms with Crippen LogP contribution in [-0.4, -0.2) is 24.8 Å². The van der Waals surface area contributed by atoms with Gasteiger partial charge in [0.05, 0.1) is 22.5 Å². The first-order valence-corrected chi connectivity index (χ1v) is 5.99. The van der Waals surface area contributed by atoms with E-state index < -0.39 is 0 Å². The summed E-state index contributed by atoms with van der Waals surface area (Å²) in [6, 6.07) is 2.94. The summed E-state index contributed by atoms with van der Waals surface area (Å²) in [6.45, 7) is 3.25. The first kappa shape index (κ1) is 13.3. The second-order valence-corrected chi connectivity index (χ2v) is 4.39. The van der Waals surface area contributed by atoms with Crippen molar-refractivity contribution in [1.29, 1.82) is 0 Å². The monoisotopic (exact) mass is 290 g/mol. The summed E-state index contributed by atoms with van der Waals surface area (Å²) < 4.78 is 13.8. The van der Waals surface area contributed by atoms with Crippen LogP contribution in [0.5, 0.6) is 0 Å². The van der Waals surface area contributed by atoms with E-state index in [1.54, 1.807) is 6.07 Å². The number of hydrogen-bond acceptors (Lipinski definition) is 3. The van der Waals surface area contributed by atoms with Gasteiger partial charge in [0.15, 0.2) is 0 Å². The van der Waals surface area contributed by atoms with Crippen molar-refractivity contribution in [2.24, 2.45) is 0 Å².